The maximum absolute atomic E-state index is 6.16. The zero-order chi connectivity index (χ0) is 16.8. The highest BCUT2D eigenvalue weighted by molar-refractivity contribution is 6.31. The fraction of sp³-hybridized carbons (Fsp3) is 0.235. The number of benzene rings is 1. The topological polar surface area (TPSA) is 68.7 Å². The van der Waals surface area contributed by atoms with Gasteiger partial charge in [-0.25, -0.2) is 9.38 Å². The highest BCUT2D eigenvalue weighted by atomic mass is 35.5. The van der Waals surface area contributed by atoms with Crippen LogP contribution in [-0.2, 0) is 4.74 Å². The Labute approximate surface area is 147 Å². The predicted molar refractivity (Wildman–Crippen MR) is 94.0 cm³/mol. The quantitative estimate of drug-likeness (QED) is 0.550. The van der Waals surface area contributed by atoms with Gasteiger partial charge in [0.05, 0.1) is 25.0 Å². The lowest BCUT2D eigenvalue weighted by Gasteiger charge is -2.28. The van der Waals surface area contributed by atoms with Crippen LogP contribution in [0.4, 0.5) is 5.95 Å². The Morgan fingerprint density at radius 2 is 1.96 bits per heavy atom. The van der Waals surface area contributed by atoms with Crippen LogP contribution in [-0.4, -0.2) is 45.9 Å². The smallest absolute Gasteiger partial charge is 0.213 e. The van der Waals surface area contributed by atoms with Crippen molar-refractivity contribution in [2.45, 2.75) is 0 Å². The minimum Gasteiger partial charge on any atom is -0.461 e. The molecule has 1 aliphatic rings. The molecule has 0 N–H and O–H groups in total. The lowest BCUT2D eigenvalue weighted by atomic mass is 10.2. The number of hydrogen-bond donors (Lipinski definition) is 0. The summed E-state index contributed by atoms with van der Waals surface area (Å²) in [6.45, 7) is 2.83. The van der Waals surface area contributed by atoms with Gasteiger partial charge in [0.2, 0.25) is 11.8 Å². The minimum atomic E-state index is 0.630. The number of anilines is 1. The molecule has 0 atom stereocenters. The fourth-order valence-corrected chi connectivity index (χ4v) is 3.30. The summed E-state index contributed by atoms with van der Waals surface area (Å²) in [4.78, 5) is 7.03. The van der Waals surface area contributed by atoms with Crippen LogP contribution in [0, 0.1) is 0 Å². The number of aromatic nitrogens is 4. The van der Waals surface area contributed by atoms with Gasteiger partial charge in [-0.3, -0.25) is 0 Å². The second-order valence-corrected chi connectivity index (χ2v) is 6.27. The summed E-state index contributed by atoms with van der Waals surface area (Å²) in [5.41, 5.74) is 1.52. The fourth-order valence-electron chi connectivity index (χ4n) is 3.13. The van der Waals surface area contributed by atoms with Crippen LogP contribution in [0.25, 0.3) is 28.1 Å². The first-order chi connectivity index (χ1) is 12.3. The molecular formula is C17H14ClN5O2. The first-order valence-electron chi connectivity index (χ1n) is 8.02. The molecule has 0 amide bonds. The first-order valence-corrected chi connectivity index (χ1v) is 8.40. The highest BCUT2D eigenvalue weighted by Gasteiger charge is 2.22. The second kappa shape index (κ2) is 5.72. The number of fused-ring (bicyclic) bond motifs is 3. The van der Waals surface area contributed by atoms with Crippen molar-refractivity contribution < 1.29 is 9.15 Å². The van der Waals surface area contributed by atoms with Gasteiger partial charge in [-0.05, 0) is 30.3 Å². The molecule has 1 fully saturated rings. The van der Waals surface area contributed by atoms with E-state index in [1.54, 1.807) is 6.26 Å². The molecule has 8 heteroatoms. The van der Waals surface area contributed by atoms with Gasteiger partial charge >= 0.3 is 0 Å². The van der Waals surface area contributed by atoms with Gasteiger partial charge in [0.15, 0.2) is 11.4 Å². The molecule has 1 aliphatic heterocycles. The summed E-state index contributed by atoms with van der Waals surface area (Å²) in [7, 11) is 0. The Morgan fingerprint density at radius 1 is 1.08 bits per heavy atom. The molecule has 25 heavy (non-hydrogen) atoms. The Bertz CT molecular complexity index is 1050. The van der Waals surface area contributed by atoms with Crippen molar-refractivity contribution in [1.29, 1.82) is 0 Å². The average molecular weight is 356 g/mol. The Hall–Kier alpha value is -2.64. The predicted octanol–water partition coefficient (Wildman–Crippen LogP) is 3.03. The normalized spacial score (nSPS) is 15.3. The van der Waals surface area contributed by atoms with Crippen molar-refractivity contribution in [3.63, 3.8) is 0 Å². The van der Waals surface area contributed by atoms with E-state index in [1.807, 2.05) is 34.7 Å². The standard InChI is InChI=1S/C17H14ClN5O2/c18-11-3-4-12-13(10-11)19-17(22-5-8-24-9-6-22)23-15(12)20-21-16(23)14-2-1-7-25-14/h1-4,7,10H,5-6,8-9H2. The van der Waals surface area contributed by atoms with Crippen molar-refractivity contribution in [2.24, 2.45) is 0 Å². The van der Waals surface area contributed by atoms with E-state index in [9.17, 15) is 0 Å². The van der Waals surface area contributed by atoms with Crippen molar-refractivity contribution in [3.05, 3.63) is 41.6 Å². The highest BCUT2D eigenvalue weighted by Crippen LogP contribution is 2.30. The summed E-state index contributed by atoms with van der Waals surface area (Å²) in [5, 5.41) is 10.3. The van der Waals surface area contributed by atoms with E-state index in [-0.39, 0.29) is 0 Å². The van der Waals surface area contributed by atoms with Crippen LogP contribution in [0.3, 0.4) is 0 Å². The van der Waals surface area contributed by atoms with Gasteiger partial charge in [-0.15, -0.1) is 10.2 Å². The van der Waals surface area contributed by atoms with E-state index in [2.05, 4.69) is 15.1 Å². The van der Waals surface area contributed by atoms with Crippen molar-refractivity contribution in [3.8, 4) is 11.6 Å². The largest absolute Gasteiger partial charge is 0.461 e. The Kier molecular flexibility index (Phi) is 3.36. The molecule has 3 aromatic heterocycles. The van der Waals surface area contributed by atoms with Crippen LogP contribution >= 0.6 is 11.6 Å². The minimum absolute atomic E-state index is 0.630. The van der Waals surface area contributed by atoms with E-state index >= 15 is 0 Å². The lowest BCUT2D eigenvalue weighted by Crippen LogP contribution is -2.38. The van der Waals surface area contributed by atoms with E-state index in [0.717, 1.165) is 35.6 Å². The molecule has 0 bridgehead atoms. The number of ether oxygens (including phenoxy) is 1. The molecule has 4 heterocycles. The summed E-state index contributed by atoms with van der Waals surface area (Å²) in [6.07, 6.45) is 1.62. The molecule has 4 aromatic rings. The molecule has 7 nitrogen and oxygen atoms in total. The summed E-state index contributed by atoms with van der Waals surface area (Å²) < 4.78 is 13.0. The van der Waals surface area contributed by atoms with Gasteiger partial charge < -0.3 is 14.1 Å². The third-order valence-corrected chi connectivity index (χ3v) is 4.55. The van der Waals surface area contributed by atoms with Crippen LogP contribution < -0.4 is 4.90 Å². The van der Waals surface area contributed by atoms with E-state index in [4.69, 9.17) is 25.7 Å². The van der Waals surface area contributed by atoms with Crippen LogP contribution in [0.2, 0.25) is 5.02 Å². The second-order valence-electron chi connectivity index (χ2n) is 5.83. The van der Waals surface area contributed by atoms with Crippen molar-refractivity contribution >= 4 is 34.1 Å². The molecule has 126 valence electrons. The van der Waals surface area contributed by atoms with Gasteiger partial charge in [-0.1, -0.05) is 11.6 Å². The molecule has 1 saturated heterocycles. The number of halogens is 1. The summed E-state index contributed by atoms with van der Waals surface area (Å²) in [6, 6.07) is 9.30. The van der Waals surface area contributed by atoms with Gasteiger partial charge in [0.1, 0.15) is 0 Å². The molecule has 0 radical (unpaired) electrons. The van der Waals surface area contributed by atoms with Gasteiger partial charge in [-0.2, -0.15) is 0 Å². The SMILES string of the molecule is Clc1ccc2c(c1)nc(N1CCOCC1)n1c(-c3ccco3)nnc21. The van der Waals surface area contributed by atoms with E-state index in [0.29, 0.717) is 29.8 Å². The third kappa shape index (κ3) is 2.35. The van der Waals surface area contributed by atoms with E-state index in [1.165, 1.54) is 0 Å². The zero-order valence-corrected chi connectivity index (χ0v) is 14.0. The summed E-state index contributed by atoms with van der Waals surface area (Å²) in [5.74, 6) is 2.05. The van der Waals surface area contributed by atoms with Gasteiger partial charge in [0.25, 0.3) is 0 Å². The third-order valence-electron chi connectivity index (χ3n) is 4.32. The lowest BCUT2D eigenvalue weighted by molar-refractivity contribution is 0.122. The summed E-state index contributed by atoms with van der Waals surface area (Å²) >= 11 is 6.16. The maximum Gasteiger partial charge on any atom is 0.213 e. The number of morpholine rings is 1. The van der Waals surface area contributed by atoms with E-state index < -0.39 is 0 Å². The first kappa shape index (κ1) is 14.7. The Morgan fingerprint density at radius 3 is 2.76 bits per heavy atom. The number of hydrogen-bond acceptors (Lipinski definition) is 6. The van der Waals surface area contributed by atoms with Crippen molar-refractivity contribution in [2.75, 3.05) is 31.2 Å². The molecular weight excluding hydrogens is 342 g/mol. The van der Waals surface area contributed by atoms with Crippen LogP contribution in [0.15, 0.2) is 41.0 Å². The molecule has 0 unspecified atom stereocenters. The maximum atomic E-state index is 6.16. The van der Waals surface area contributed by atoms with Crippen molar-refractivity contribution in [1.82, 2.24) is 19.6 Å². The molecule has 0 aliphatic carbocycles. The molecule has 0 spiro atoms. The number of nitrogens with zero attached hydrogens (tertiary/aromatic N) is 5. The Balaban J connectivity index is 1.84. The van der Waals surface area contributed by atoms with Crippen LogP contribution in [0.1, 0.15) is 0 Å². The molecule has 0 saturated carbocycles. The number of furan rings is 1. The molecule has 1 aromatic carbocycles. The zero-order valence-electron chi connectivity index (χ0n) is 13.2. The monoisotopic (exact) mass is 355 g/mol. The van der Waals surface area contributed by atoms with Crippen LogP contribution in [0.5, 0.6) is 0 Å². The van der Waals surface area contributed by atoms with Gasteiger partial charge in [0, 0.05) is 23.5 Å². The average Bonchev–Trinajstić information content (AvgIpc) is 3.31. The molecule has 5 rings (SSSR count). The number of rotatable bonds is 2.